The largest absolute Gasteiger partial charge is 0.374 e. The number of hydrogen-bond donors (Lipinski definition) is 0. The quantitative estimate of drug-likeness (QED) is 0.703. The van der Waals surface area contributed by atoms with Crippen molar-refractivity contribution in [3.05, 3.63) is 35.1 Å². The lowest BCUT2D eigenvalue weighted by Crippen LogP contribution is -2.33. The van der Waals surface area contributed by atoms with E-state index in [9.17, 15) is 5.26 Å². The standard InChI is InChI=1S/C17H24N2/c1-14-5-3-4-6-17(16(13-18)8-7-14)19-11-9-15(2)10-12-19/h5,7-8,15H,3-4,6,9-12H2,1-2H3/b8-7-,14-5-,17-16-. The zero-order chi connectivity index (χ0) is 13.7. The highest BCUT2D eigenvalue weighted by Crippen LogP contribution is 2.26. The van der Waals surface area contributed by atoms with Crippen LogP contribution in [-0.4, -0.2) is 18.0 Å². The van der Waals surface area contributed by atoms with Gasteiger partial charge in [0, 0.05) is 18.8 Å². The van der Waals surface area contributed by atoms with Gasteiger partial charge in [-0.15, -0.1) is 0 Å². The molecule has 0 bridgehead atoms. The summed E-state index contributed by atoms with van der Waals surface area (Å²) < 4.78 is 0. The third kappa shape index (κ3) is 3.73. The Morgan fingerprint density at radius 3 is 2.68 bits per heavy atom. The molecular formula is C17H24N2. The predicted molar refractivity (Wildman–Crippen MR) is 79.4 cm³/mol. The van der Waals surface area contributed by atoms with Crippen molar-refractivity contribution in [2.24, 2.45) is 5.92 Å². The van der Waals surface area contributed by atoms with Gasteiger partial charge in [-0.2, -0.15) is 5.26 Å². The summed E-state index contributed by atoms with van der Waals surface area (Å²) in [4.78, 5) is 2.45. The summed E-state index contributed by atoms with van der Waals surface area (Å²) in [5.74, 6) is 0.832. The lowest BCUT2D eigenvalue weighted by Gasteiger charge is -2.34. The Kier molecular flexibility index (Phi) is 4.85. The van der Waals surface area contributed by atoms with Gasteiger partial charge in [-0.1, -0.05) is 24.6 Å². The maximum Gasteiger partial charge on any atom is 0.101 e. The first-order valence-corrected chi connectivity index (χ1v) is 7.43. The van der Waals surface area contributed by atoms with Crippen LogP contribution < -0.4 is 0 Å². The molecule has 0 radical (unpaired) electrons. The van der Waals surface area contributed by atoms with Crippen LogP contribution in [0.3, 0.4) is 0 Å². The Labute approximate surface area is 117 Å². The Hall–Kier alpha value is -1.49. The maximum atomic E-state index is 9.43. The average molecular weight is 256 g/mol. The van der Waals surface area contributed by atoms with Crippen LogP contribution in [0.25, 0.3) is 0 Å². The van der Waals surface area contributed by atoms with Crippen LogP contribution in [0.15, 0.2) is 35.1 Å². The monoisotopic (exact) mass is 256 g/mol. The molecule has 2 nitrogen and oxygen atoms in total. The summed E-state index contributed by atoms with van der Waals surface area (Å²) in [6.45, 7) is 6.66. The lowest BCUT2D eigenvalue weighted by molar-refractivity contribution is 0.229. The highest BCUT2D eigenvalue weighted by atomic mass is 15.1. The van der Waals surface area contributed by atoms with Crippen molar-refractivity contribution in [2.45, 2.75) is 46.0 Å². The topological polar surface area (TPSA) is 27.0 Å². The molecule has 0 spiro atoms. The molecule has 1 fully saturated rings. The van der Waals surface area contributed by atoms with Gasteiger partial charge in [0.2, 0.25) is 0 Å². The predicted octanol–water partition coefficient (Wildman–Crippen LogP) is 4.18. The smallest absolute Gasteiger partial charge is 0.101 e. The minimum Gasteiger partial charge on any atom is -0.374 e. The molecule has 0 saturated carbocycles. The zero-order valence-electron chi connectivity index (χ0n) is 12.2. The molecule has 19 heavy (non-hydrogen) atoms. The Morgan fingerprint density at radius 2 is 2.00 bits per heavy atom. The molecule has 1 aliphatic heterocycles. The van der Waals surface area contributed by atoms with Gasteiger partial charge in [0.15, 0.2) is 0 Å². The molecule has 0 aromatic heterocycles. The van der Waals surface area contributed by atoms with Gasteiger partial charge in [0.05, 0.1) is 5.57 Å². The second-order valence-corrected chi connectivity index (χ2v) is 5.82. The zero-order valence-corrected chi connectivity index (χ0v) is 12.2. The van der Waals surface area contributed by atoms with Crippen molar-refractivity contribution in [1.29, 1.82) is 5.26 Å². The van der Waals surface area contributed by atoms with Gasteiger partial charge in [-0.05, 0) is 51.0 Å². The van der Waals surface area contributed by atoms with Gasteiger partial charge in [0.25, 0.3) is 0 Å². The fourth-order valence-corrected chi connectivity index (χ4v) is 2.82. The summed E-state index contributed by atoms with van der Waals surface area (Å²) in [5.41, 5.74) is 3.40. The molecule has 2 rings (SSSR count). The normalized spacial score (nSPS) is 30.6. The van der Waals surface area contributed by atoms with Crippen LogP contribution in [0.1, 0.15) is 46.0 Å². The molecule has 2 heteroatoms. The number of rotatable bonds is 1. The number of hydrogen-bond acceptors (Lipinski definition) is 2. The van der Waals surface area contributed by atoms with Gasteiger partial charge in [-0.3, -0.25) is 0 Å². The second-order valence-electron chi connectivity index (χ2n) is 5.82. The van der Waals surface area contributed by atoms with Crippen LogP contribution in [0, 0.1) is 17.2 Å². The van der Waals surface area contributed by atoms with Crippen molar-refractivity contribution in [3.63, 3.8) is 0 Å². The van der Waals surface area contributed by atoms with E-state index < -0.39 is 0 Å². The average Bonchev–Trinajstić information content (AvgIpc) is 2.50. The SMILES string of the molecule is CC1=C/CCC\C(N2CCC(C)CC2)=C(C#N)/C=C\1. The number of allylic oxidation sites excluding steroid dienone is 6. The van der Waals surface area contributed by atoms with Crippen LogP contribution >= 0.6 is 0 Å². The van der Waals surface area contributed by atoms with Crippen molar-refractivity contribution >= 4 is 0 Å². The maximum absolute atomic E-state index is 9.43. The summed E-state index contributed by atoms with van der Waals surface area (Å²) in [7, 11) is 0. The summed E-state index contributed by atoms with van der Waals surface area (Å²) in [6.07, 6.45) is 12.2. The molecule has 1 heterocycles. The molecule has 0 aromatic carbocycles. The van der Waals surface area contributed by atoms with Gasteiger partial charge in [0.1, 0.15) is 6.07 Å². The first kappa shape index (κ1) is 13.9. The van der Waals surface area contributed by atoms with Gasteiger partial charge >= 0.3 is 0 Å². The van der Waals surface area contributed by atoms with Gasteiger partial charge in [-0.25, -0.2) is 0 Å². The van der Waals surface area contributed by atoms with Crippen LogP contribution in [-0.2, 0) is 0 Å². The highest BCUT2D eigenvalue weighted by molar-refractivity contribution is 5.40. The van der Waals surface area contributed by atoms with Crippen molar-refractivity contribution < 1.29 is 0 Å². The van der Waals surface area contributed by atoms with Crippen molar-refractivity contribution in [2.75, 3.05) is 13.1 Å². The van der Waals surface area contributed by atoms with Crippen LogP contribution in [0.5, 0.6) is 0 Å². The van der Waals surface area contributed by atoms with E-state index in [1.54, 1.807) is 0 Å². The van der Waals surface area contributed by atoms with E-state index >= 15 is 0 Å². The second kappa shape index (κ2) is 6.61. The fourth-order valence-electron chi connectivity index (χ4n) is 2.82. The van der Waals surface area contributed by atoms with E-state index in [0.717, 1.165) is 43.8 Å². The lowest BCUT2D eigenvalue weighted by atomic mass is 9.97. The molecule has 0 N–H and O–H groups in total. The third-order valence-corrected chi connectivity index (χ3v) is 4.19. The summed E-state index contributed by atoms with van der Waals surface area (Å²) in [6, 6.07) is 2.40. The molecule has 0 unspecified atom stereocenters. The molecule has 102 valence electrons. The van der Waals surface area contributed by atoms with E-state index in [1.165, 1.54) is 24.1 Å². The fraction of sp³-hybridized carbons (Fsp3) is 0.588. The summed E-state index contributed by atoms with van der Waals surface area (Å²) >= 11 is 0. The molecule has 1 aliphatic carbocycles. The van der Waals surface area contributed by atoms with Crippen LogP contribution in [0.2, 0.25) is 0 Å². The van der Waals surface area contributed by atoms with Gasteiger partial charge < -0.3 is 4.90 Å². The van der Waals surface area contributed by atoms with E-state index in [-0.39, 0.29) is 0 Å². The molecular weight excluding hydrogens is 232 g/mol. The highest BCUT2D eigenvalue weighted by Gasteiger charge is 2.19. The van der Waals surface area contributed by atoms with E-state index in [2.05, 4.69) is 37.0 Å². The Bertz CT molecular complexity index is 440. The van der Waals surface area contributed by atoms with E-state index in [4.69, 9.17) is 0 Å². The number of piperidine rings is 1. The van der Waals surface area contributed by atoms with Crippen molar-refractivity contribution in [3.8, 4) is 6.07 Å². The van der Waals surface area contributed by atoms with Crippen LogP contribution in [0.4, 0.5) is 0 Å². The minimum absolute atomic E-state index is 0.832. The molecule has 1 saturated heterocycles. The van der Waals surface area contributed by atoms with E-state index in [1.807, 2.05) is 6.08 Å². The van der Waals surface area contributed by atoms with E-state index in [0.29, 0.717) is 0 Å². The van der Waals surface area contributed by atoms with Crippen molar-refractivity contribution in [1.82, 2.24) is 4.90 Å². The molecule has 0 amide bonds. The first-order chi connectivity index (χ1) is 9.20. The molecule has 0 aromatic rings. The summed E-state index contributed by atoms with van der Waals surface area (Å²) in [5, 5.41) is 9.43. The molecule has 2 aliphatic rings. The number of likely N-dealkylation sites (tertiary alicyclic amines) is 1. The number of nitriles is 1. The Morgan fingerprint density at radius 1 is 1.26 bits per heavy atom. The Balaban J connectivity index is 2.23. The first-order valence-electron chi connectivity index (χ1n) is 7.43. The molecule has 0 atom stereocenters. The minimum atomic E-state index is 0.832. The number of nitrogens with zero attached hydrogens (tertiary/aromatic N) is 2. The third-order valence-electron chi connectivity index (χ3n) is 4.19.